The maximum absolute atomic E-state index is 12.6. The molecule has 23 heavy (non-hydrogen) atoms. The molecular weight excluding hydrogens is 316 g/mol. The van der Waals surface area contributed by atoms with Crippen LogP contribution in [0.5, 0.6) is 0 Å². The van der Waals surface area contributed by atoms with Crippen LogP contribution in [-0.4, -0.2) is 43.7 Å². The summed E-state index contributed by atoms with van der Waals surface area (Å²) in [5.41, 5.74) is 1.54. The van der Waals surface area contributed by atoms with Gasteiger partial charge in [-0.2, -0.15) is 4.31 Å². The van der Waals surface area contributed by atoms with E-state index < -0.39 is 10.0 Å². The fourth-order valence-electron chi connectivity index (χ4n) is 2.61. The van der Waals surface area contributed by atoms with Crippen LogP contribution in [0.1, 0.15) is 19.1 Å². The molecular formula is C16H20N2O4S. The largest absolute Gasteiger partial charge is 0.377 e. The quantitative estimate of drug-likeness (QED) is 0.856. The summed E-state index contributed by atoms with van der Waals surface area (Å²) in [4.78, 5) is 0. The number of rotatable bonds is 4. The third-order valence-corrected chi connectivity index (χ3v) is 5.53. The Morgan fingerprint density at radius 2 is 2.09 bits per heavy atom. The molecule has 1 atom stereocenters. The van der Waals surface area contributed by atoms with Gasteiger partial charge in [-0.1, -0.05) is 35.5 Å². The summed E-state index contributed by atoms with van der Waals surface area (Å²) in [6.45, 7) is 3.33. The van der Waals surface area contributed by atoms with Gasteiger partial charge in [0.15, 0.2) is 5.76 Å². The number of sulfonamides is 1. The van der Waals surface area contributed by atoms with Crippen LogP contribution in [0.4, 0.5) is 0 Å². The zero-order chi connectivity index (χ0) is 16.3. The normalized spacial score (nSPS) is 20.3. The van der Waals surface area contributed by atoms with E-state index in [0.717, 1.165) is 5.56 Å². The van der Waals surface area contributed by atoms with Gasteiger partial charge in [-0.3, -0.25) is 0 Å². The summed E-state index contributed by atoms with van der Waals surface area (Å²) in [7, 11) is -3.44. The van der Waals surface area contributed by atoms with Gasteiger partial charge >= 0.3 is 0 Å². The van der Waals surface area contributed by atoms with Gasteiger partial charge in [-0.25, -0.2) is 8.42 Å². The predicted octanol–water partition coefficient (Wildman–Crippen LogP) is 2.28. The van der Waals surface area contributed by atoms with Gasteiger partial charge in [0.25, 0.3) is 0 Å². The van der Waals surface area contributed by atoms with Crippen molar-refractivity contribution >= 4 is 10.0 Å². The van der Waals surface area contributed by atoms with Crippen LogP contribution >= 0.6 is 0 Å². The fraction of sp³-hybridized carbons (Fsp3) is 0.438. The molecule has 6 nitrogen and oxygen atoms in total. The zero-order valence-electron chi connectivity index (χ0n) is 13.0. The lowest BCUT2D eigenvalue weighted by atomic mass is 10.1. The lowest BCUT2D eigenvalue weighted by Crippen LogP contribution is -2.36. The third-order valence-electron chi connectivity index (χ3n) is 3.76. The van der Waals surface area contributed by atoms with Gasteiger partial charge in [0, 0.05) is 31.3 Å². The lowest BCUT2D eigenvalue weighted by molar-refractivity contribution is 0.0751. The summed E-state index contributed by atoms with van der Waals surface area (Å²) in [5.74, 6) is 0.168. The zero-order valence-corrected chi connectivity index (χ0v) is 13.8. The molecule has 2 aromatic rings. The van der Waals surface area contributed by atoms with E-state index in [9.17, 15) is 8.42 Å². The highest BCUT2D eigenvalue weighted by atomic mass is 32.2. The molecule has 0 bridgehead atoms. The second kappa shape index (κ2) is 6.82. The minimum Gasteiger partial charge on any atom is -0.377 e. The van der Waals surface area contributed by atoms with Crippen LogP contribution in [0.15, 0.2) is 40.9 Å². The Morgan fingerprint density at radius 3 is 2.87 bits per heavy atom. The average Bonchev–Trinajstić information content (AvgIpc) is 2.87. The number of hydrogen-bond donors (Lipinski definition) is 0. The lowest BCUT2D eigenvalue weighted by Gasteiger charge is -2.20. The summed E-state index contributed by atoms with van der Waals surface area (Å²) in [6.07, 6.45) is 0.608. The number of benzene rings is 1. The molecule has 124 valence electrons. The van der Waals surface area contributed by atoms with E-state index in [2.05, 4.69) is 5.16 Å². The molecule has 0 amide bonds. The van der Waals surface area contributed by atoms with Crippen molar-refractivity contribution < 1.29 is 17.7 Å². The SMILES string of the molecule is CC1CN(S(=O)(=O)Cc2cc(-c3ccccc3)no2)CCCO1. The second-order valence-electron chi connectivity index (χ2n) is 5.69. The molecule has 0 radical (unpaired) electrons. The van der Waals surface area contributed by atoms with E-state index in [1.165, 1.54) is 4.31 Å². The average molecular weight is 336 g/mol. The number of aromatic nitrogens is 1. The van der Waals surface area contributed by atoms with Crippen molar-refractivity contribution in [3.8, 4) is 11.3 Å². The van der Waals surface area contributed by atoms with Crippen LogP contribution in [0.25, 0.3) is 11.3 Å². The molecule has 1 aliphatic heterocycles. The molecule has 1 aromatic heterocycles. The van der Waals surface area contributed by atoms with E-state index in [1.807, 2.05) is 37.3 Å². The minimum atomic E-state index is -3.44. The molecule has 1 unspecified atom stereocenters. The number of nitrogens with zero attached hydrogens (tertiary/aromatic N) is 2. The first-order chi connectivity index (χ1) is 11.0. The molecule has 0 spiro atoms. The van der Waals surface area contributed by atoms with Crippen LogP contribution in [0.3, 0.4) is 0 Å². The maximum Gasteiger partial charge on any atom is 0.221 e. The van der Waals surface area contributed by atoms with Crippen molar-refractivity contribution in [3.63, 3.8) is 0 Å². The van der Waals surface area contributed by atoms with Crippen LogP contribution in [0, 0.1) is 0 Å². The second-order valence-corrected chi connectivity index (χ2v) is 7.66. The Kier molecular flexibility index (Phi) is 4.79. The highest BCUT2D eigenvalue weighted by molar-refractivity contribution is 7.88. The molecule has 0 saturated carbocycles. The molecule has 7 heteroatoms. The molecule has 1 aromatic carbocycles. The number of hydrogen-bond acceptors (Lipinski definition) is 5. The predicted molar refractivity (Wildman–Crippen MR) is 86.2 cm³/mol. The Morgan fingerprint density at radius 1 is 1.30 bits per heavy atom. The topological polar surface area (TPSA) is 72.6 Å². The van der Waals surface area contributed by atoms with Crippen molar-refractivity contribution in [3.05, 3.63) is 42.2 Å². The first-order valence-corrected chi connectivity index (χ1v) is 9.26. The first kappa shape index (κ1) is 16.2. The van der Waals surface area contributed by atoms with E-state index in [1.54, 1.807) is 6.07 Å². The van der Waals surface area contributed by atoms with Crippen molar-refractivity contribution in [2.45, 2.75) is 25.2 Å². The molecule has 0 N–H and O–H groups in total. The van der Waals surface area contributed by atoms with Crippen molar-refractivity contribution in [1.82, 2.24) is 9.46 Å². The molecule has 1 saturated heterocycles. The van der Waals surface area contributed by atoms with E-state index in [0.29, 0.717) is 37.6 Å². The van der Waals surface area contributed by atoms with Crippen LogP contribution in [-0.2, 0) is 20.5 Å². The van der Waals surface area contributed by atoms with Crippen LogP contribution < -0.4 is 0 Å². The Bertz CT molecular complexity index is 742. The highest BCUT2D eigenvalue weighted by Crippen LogP contribution is 2.21. The third kappa shape index (κ3) is 3.99. The van der Waals surface area contributed by atoms with Gasteiger partial charge in [-0.15, -0.1) is 0 Å². The van der Waals surface area contributed by atoms with Gasteiger partial charge in [0.1, 0.15) is 11.4 Å². The summed E-state index contributed by atoms with van der Waals surface area (Å²) in [5, 5.41) is 3.97. The molecule has 1 aliphatic rings. The van der Waals surface area contributed by atoms with Gasteiger partial charge in [0.2, 0.25) is 10.0 Å². The molecule has 1 fully saturated rings. The van der Waals surface area contributed by atoms with Gasteiger partial charge in [-0.05, 0) is 13.3 Å². The molecule has 2 heterocycles. The van der Waals surface area contributed by atoms with Crippen LogP contribution in [0.2, 0.25) is 0 Å². The first-order valence-electron chi connectivity index (χ1n) is 7.65. The monoisotopic (exact) mass is 336 g/mol. The Balaban J connectivity index is 1.74. The van der Waals surface area contributed by atoms with Crippen molar-refractivity contribution in [2.24, 2.45) is 0 Å². The number of ether oxygens (including phenoxy) is 1. The Labute approximate surface area is 136 Å². The summed E-state index contributed by atoms with van der Waals surface area (Å²) < 4.78 is 37.4. The van der Waals surface area contributed by atoms with E-state index >= 15 is 0 Å². The standard InChI is InChI=1S/C16H20N2O4S/c1-13-11-18(8-5-9-21-13)23(19,20)12-15-10-16(17-22-15)14-6-3-2-4-7-14/h2-4,6-7,10,13H,5,8-9,11-12H2,1H3. The molecule has 3 rings (SSSR count). The summed E-state index contributed by atoms with van der Waals surface area (Å²) in [6, 6.07) is 11.2. The van der Waals surface area contributed by atoms with Gasteiger partial charge < -0.3 is 9.26 Å². The molecule has 0 aliphatic carbocycles. The smallest absolute Gasteiger partial charge is 0.221 e. The summed E-state index contributed by atoms with van der Waals surface area (Å²) >= 11 is 0. The maximum atomic E-state index is 12.6. The van der Waals surface area contributed by atoms with Crippen molar-refractivity contribution in [2.75, 3.05) is 19.7 Å². The van der Waals surface area contributed by atoms with Crippen molar-refractivity contribution in [1.29, 1.82) is 0 Å². The Hall–Kier alpha value is -1.70. The van der Waals surface area contributed by atoms with E-state index in [-0.39, 0.29) is 11.9 Å². The van der Waals surface area contributed by atoms with E-state index in [4.69, 9.17) is 9.26 Å². The minimum absolute atomic E-state index is 0.0955. The van der Waals surface area contributed by atoms with Gasteiger partial charge in [0.05, 0.1) is 6.10 Å². The highest BCUT2D eigenvalue weighted by Gasteiger charge is 2.27. The fourth-order valence-corrected chi connectivity index (χ4v) is 4.13.